The van der Waals surface area contributed by atoms with Crippen molar-refractivity contribution in [1.29, 1.82) is 0 Å². The zero-order valence-electron chi connectivity index (χ0n) is 11.5. The van der Waals surface area contributed by atoms with Crippen LogP contribution >= 0.6 is 0 Å². The molecule has 1 aromatic rings. The van der Waals surface area contributed by atoms with Gasteiger partial charge in [0.15, 0.2) is 0 Å². The Balaban J connectivity index is 1.44. The number of piperidine rings is 1. The van der Waals surface area contributed by atoms with E-state index in [0.717, 1.165) is 51.6 Å². The maximum Gasteiger partial charge on any atom is 0.225 e. The minimum absolute atomic E-state index is 0.361. The third-order valence-corrected chi connectivity index (χ3v) is 4.05. The molecule has 104 valence electrons. The Bertz CT molecular complexity index is 399. The first-order chi connectivity index (χ1) is 9.25. The number of nitrogens with zero attached hydrogens (tertiary/aromatic N) is 3. The minimum Gasteiger partial charge on any atom is -0.380 e. The molecule has 19 heavy (non-hydrogen) atoms. The Morgan fingerprint density at radius 2 is 2.00 bits per heavy atom. The van der Waals surface area contributed by atoms with Crippen LogP contribution in [0, 0.1) is 5.41 Å². The van der Waals surface area contributed by atoms with E-state index in [-0.39, 0.29) is 0 Å². The summed E-state index contributed by atoms with van der Waals surface area (Å²) in [6, 6.07) is 2.48. The standard InChI is InChI=1S/C14H22N4O/c1-14(10-19-11-14)9-17-12-3-7-18(8-4-12)13-15-5-2-6-16-13/h2,5-6,12,17H,3-4,7-11H2,1H3. The number of aromatic nitrogens is 2. The van der Waals surface area contributed by atoms with Crippen molar-refractivity contribution in [2.45, 2.75) is 25.8 Å². The fourth-order valence-electron chi connectivity index (χ4n) is 2.68. The first kappa shape index (κ1) is 12.8. The van der Waals surface area contributed by atoms with Gasteiger partial charge in [-0.25, -0.2) is 9.97 Å². The van der Waals surface area contributed by atoms with Crippen molar-refractivity contribution in [1.82, 2.24) is 15.3 Å². The number of nitrogens with one attached hydrogen (secondary N) is 1. The van der Waals surface area contributed by atoms with Crippen LogP contribution in [-0.4, -0.2) is 48.9 Å². The molecule has 3 rings (SSSR count). The number of hydrogen-bond donors (Lipinski definition) is 1. The average molecular weight is 262 g/mol. The van der Waals surface area contributed by atoms with Crippen LogP contribution in [0.25, 0.3) is 0 Å². The average Bonchev–Trinajstić information content (AvgIpc) is 2.45. The summed E-state index contributed by atoms with van der Waals surface area (Å²) in [6.07, 6.45) is 5.94. The smallest absolute Gasteiger partial charge is 0.225 e. The van der Waals surface area contributed by atoms with Crippen LogP contribution in [0.15, 0.2) is 18.5 Å². The predicted octanol–water partition coefficient (Wildman–Crippen LogP) is 1.07. The molecule has 2 saturated heterocycles. The lowest BCUT2D eigenvalue weighted by Crippen LogP contribution is -2.51. The summed E-state index contributed by atoms with van der Waals surface area (Å²) in [5.41, 5.74) is 0.361. The molecule has 0 radical (unpaired) electrons. The lowest BCUT2D eigenvalue weighted by molar-refractivity contribution is -0.100. The quantitative estimate of drug-likeness (QED) is 0.879. The molecule has 0 atom stereocenters. The van der Waals surface area contributed by atoms with Crippen LogP contribution in [0.3, 0.4) is 0 Å². The van der Waals surface area contributed by atoms with Gasteiger partial charge in [-0.2, -0.15) is 0 Å². The van der Waals surface area contributed by atoms with Gasteiger partial charge in [-0.05, 0) is 18.9 Å². The monoisotopic (exact) mass is 262 g/mol. The summed E-state index contributed by atoms with van der Waals surface area (Å²) in [4.78, 5) is 10.9. The fourth-order valence-corrected chi connectivity index (χ4v) is 2.68. The van der Waals surface area contributed by atoms with Gasteiger partial charge in [0.1, 0.15) is 0 Å². The number of ether oxygens (including phenoxy) is 1. The van der Waals surface area contributed by atoms with Gasteiger partial charge in [0.2, 0.25) is 5.95 Å². The molecule has 0 unspecified atom stereocenters. The highest BCUT2D eigenvalue weighted by Gasteiger charge is 2.34. The highest BCUT2D eigenvalue weighted by molar-refractivity contribution is 5.29. The van der Waals surface area contributed by atoms with E-state index < -0.39 is 0 Å². The second-order valence-corrected chi connectivity index (χ2v) is 5.99. The minimum atomic E-state index is 0.361. The van der Waals surface area contributed by atoms with Gasteiger partial charge in [-0.1, -0.05) is 6.92 Å². The maximum atomic E-state index is 5.29. The fraction of sp³-hybridized carbons (Fsp3) is 0.714. The van der Waals surface area contributed by atoms with E-state index >= 15 is 0 Å². The lowest BCUT2D eigenvalue weighted by Gasteiger charge is -2.40. The summed E-state index contributed by atoms with van der Waals surface area (Å²) in [7, 11) is 0. The Kier molecular flexibility index (Phi) is 3.66. The van der Waals surface area contributed by atoms with E-state index in [1.54, 1.807) is 0 Å². The largest absolute Gasteiger partial charge is 0.380 e. The second kappa shape index (κ2) is 5.43. The summed E-state index contributed by atoms with van der Waals surface area (Å²) in [5.74, 6) is 0.861. The van der Waals surface area contributed by atoms with Crippen molar-refractivity contribution >= 4 is 5.95 Å². The summed E-state index contributed by atoms with van der Waals surface area (Å²) >= 11 is 0. The topological polar surface area (TPSA) is 50.3 Å². The van der Waals surface area contributed by atoms with E-state index in [1.807, 2.05) is 18.5 Å². The maximum absolute atomic E-state index is 5.29. The van der Waals surface area contributed by atoms with E-state index in [4.69, 9.17) is 4.74 Å². The van der Waals surface area contributed by atoms with Crippen LogP contribution in [0.4, 0.5) is 5.95 Å². The molecule has 3 heterocycles. The molecular formula is C14H22N4O. The molecule has 5 heteroatoms. The van der Waals surface area contributed by atoms with Gasteiger partial charge in [-0.15, -0.1) is 0 Å². The highest BCUT2D eigenvalue weighted by atomic mass is 16.5. The Morgan fingerprint density at radius 1 is 1.32 bits per heavy atom. The van der Waals surface area contributed by atoms with Crippen LogP contribution in [0.1, 0.15) is 19.8 Å². The molecule has 2 fully saturated rings. The zero-order chi connectivity index (χ0) is 13.1. The predicted molar refractivity (Wildman–Crippen MR) is 74.2 cm³/mol. The van der Waals surface area contributed by atoms with Crippen LogP contribution in [0.5, 0.6) is 0 Å². The van der Waals surface area contributed by atoms with Gasteiger partial charge in [0, 0.05) is 43.5 Å². The zero-order valence-corrected chi connectivity index (χ0v) is 11.5. The van der Waals surface area contributed by atoms with Gasteiger partial charge in [0.25, 0.3) is 0 Å². The van der Waals surface area contributed by atoms with Crippen LogP contribution < -0.4 is 10.2 Å². The lowest BCUT2D eigenvalue weighted by atomic mass is 9.88. The molecular weight excluding hydrogens is 240 g/mol. The first-order valence-electron chi connectivity index (χ1n) is 7.08. The molecule has 0 bridgehead atoms. The molecule has 2 aliphatic heterocycles. The summed E-state index contributed by atoms with van der Waals surface area (Å²) in [5, 5.41) is 3.69. The van der Waals surface area contributed by atoms with Crippen molar-refractivity contribution in [3.05, 3.63) is 18.5 Å². The third-order valence-electron chi connectivity index (χ3n) is 4.05. The Morgan fingerprint density at radius 3 is 2.58 bits per heavy atom. The summed E-state index contributed by atoms with van der Waals surface area (Å²) < 4.78 is 5.29. The van der Waals surface area contributed by atoms with Crippen molar-refractivity contribution in [2.24, 2.45) is 5.41 Å². The van der Waals surface area contributed by atoms with Crippen LogP contribution in [0.2, 0.25) is 0 Å². The van der Waals surface area contributed by atoms with Crippen LogP contribution in [-0.2, 0) is 4.74 Å². The number of hydrogen-bond acceptors (Lipinski definition) is 5. The van der Waals surface area contributed by atoms with E-state index in [0.29, 0.717) is 11.5 Å². The van der Waals surface area contributed by atoms with Gasteiger partial charge >= 0.3 is 0 Å². The van der Waals surface area contributed by atoms with Crippen molar-refractivity contribution < 1.29 is 4.74 Å². The molecule has 5 nitrogen and oxygen atoms in total. The van der Waals surface area contributed by atoms with Gasteiger partial charge < -0.3 is 15.0 Å². The molecule has 0 spiro atoms. The molecule has 2 aliphatic rings. The molecule has 0 aromatic carbocycles. The van der Waals surface area contributed by atoms with Gasteiger partial charge in [0.05, 0.1) is 13.2 Å². The first-order valence-corrected chi connectivity index (χ1v) is 7.08. The second-order valence-electron chi connectivity index (χ2n) is 5.99. The Labute approximate surface area is 114 Å². The van der Waals surface area contributed by atoms with Crippen molar-refractivity contribution in [3.63, 3.8) is 0 Å². The number of rotatable bonds is 4. The molecule has 0 saturated carbocycles. The van der Waals surface area contributed by atoms with Gasteiger partial charge in [-0.3, -0.25) is 0 Å². The third kappa shape index (κ3) is 3.04. The molecule has 1 aromatic heterocycles. The van der Waals surface area contributed by atoms with Crippen molar-refractivity contribution in [2.75, 3.05) is 37.7 Å². The normalized spacial score (nSPS) is 23.1. The molecule has 1 N–H and O–H groups in total. The Hall–Kier alpha value is -1.20. The number of anilines is 1. The van der Waals surface area contributed by atoms with E-state index in [1.165, 1.54) is 0 Å². The molecule has 0 aliphatic carbocycles. The van der Waals surface area contributed by atoms with Crippen molar-refractivity contribution in [3.8, 4) is 0 Å². The van der Waals surface area contributed by atoms with E-state index in [2.05, 4.69) is 27.1 Å². The molecule has 0 amide bonds. The summed E-state index contributed by atoms with van der Waals surface area (Å²) in [6.45, 7) is 7.23. The SMILES string of the molecule is CC1(CNC2CCN(c3ncccn3)CC2)COC1. The van der Waals surface area contributed by atoms with E-state index in [9.17, 15) is 0 Å². The highest BCUT2D eigenvalue weighted by Crippen LogP contribution is 2.26.